The van der Waals surface area contributed by atoms with E-state index in [0.717, 1.165) is 12.1 Å². The monoisotopic (exact) mass is 360 g/mol. The van der Waals surface area contributed by atoms with Crippen molar-refractivity contribution in [3.63, 3.8) is 0 Å². The van der Waals surface area contributed by atoms with Crippen LogP contribution >= 0.6 is 11.3 Å². The minimum atomic E-state index is -0.773. The average Bonchev–Trinajstić information content (AvgIpc) is 3.03. The van der Waals surface area contributed by atoms with Crippen molar-refractivity contribution in [3.8, 4) is 5.75 Å². The number of aromatic nitrogens is 1. The fourth-order valence-electron chi connectivity index (χ4n) is 2.21. The third-order valence-corrected chi connectivity index (χ3v) is 4.20. The highest BCUT2D eigenvalue weighted by Gasteiger charge is 2.18. The standard InChI is InChI=1S/C18H14F2N2O2S/c1-12(23)22(15-5-3-2-4-6-15)18-21-14(11-25-18)10-24-17-8-7-13(19)9-16(17)20/h2-9,11H,10H2,1H3. The zero-order valence-corrected chi connectivity index (χ0v) is 14.1. The summed E-state index contributed by atoms with van der Waals surface area (Å²) in [5.41, 5.74) is 1.26. The Morgan fingerprint density at radius 1 is 1.20 bits per heavy atom. The predicted molar refractivity (Wildman–Crippen MR) is 92.1 cm³/mol. The van der Waals surface area contributed by atoms with Crippen molar-refractivity contribution >= 4 is 28.1 Å². The Morgan fingerprint density at radius 2 is 1.96 bits per heavy atom. The first kappa shape index (κ1) is 17.0. The smallest absolute Gasteiger partial charge is 0.230 e. The second-order valence-electron chi connectivity index (χ2n) is 5.17. The predicted octanol–water partition coefficient (Wildman–Crippen LogP) is 4.68. The number of carbonyl (C=O) groups excluding carboxylic acids is 1. The molecule has 4 nitrogen and oxygen atoms in total. The summed E-state index contributed by atoms with van der Waals surface area (Å²) in [6, 6.07) is 12.3. The molecular weight excluding hydrogens is 346 g/mol. The number of ether oxygens (including phenoxy) is 1. The van der Waals surface area contributed by atoms with E-state index in [1.54, 1.807) is 5.38 Å². The molecule has 128 valence electrons. The lowest BCUT2D eigenvalue weighted by molar-refractivity contribution is -0.115. The van der Waals surface area contributed by atoms with Crippen LogP contribution in [0.4, 0.5) is 19.6 Å². The van der Waals surface area contributed by atoms with E-state index in [2.05, 4.69) is 4.98 Å². The van der Waals surface area contributed by atoms with E-state index in [9.17, 15) is 13.6 Å². The number of hydrogen-bond acceptors (Lipinski definition) is 4. The van der Waals surface area contributed by atoms with Gasteiger partial charge in [0.05, 0.1) is 11.4 Å². The van der Waals surface area contributed by atoms with Gasteiger partial charge in [-0.25, -0.2) is 13.8 Å². The van der Waals surface area contributed by atoms with Crippen LogP contribution in [0.5, 0.6) is 5.75 Å². The molecule has 0 N–H and O–H groups in total. The van der Waals surface area contributed by atoms with Crippen LogP contribution in [0.1, 0.15) is 12.6 Å². The van der Waals surface area contributed by atoms with Gasteiger partial charge in [0.2, 0.25) is 5.91 Å². The van der Waals surface area contributed by atoms with Gasteiger partial charge < -0.3 is 4.74 Å². The van der Waals surface area contributed by atoms with Crippen LogP contribution in [0.25, 0.3) is 0 Å². The minimum Gasteiger partial charge on any atom is -0.484 e. The summed E-state index contributed by atoms with van der Waals surface area (Å²) < 4.78 is 31.8. The molecule has 25 heavy (non-hydrogen) atoms. The summed E-state index contributed by atoms with van der Waals surface area (Å²) in [6.07, 6.45) is 0. The van der Waals surface area contributed by atoms with E-state index in [1.807, 2.05) is 30.3 Å². The summed E-state index contributed by atoms with van der Waals surface area (Å²) in [5.74, 6) is -1.66. The number of halogens is 2. The lowest BCUT2D eigenvalue weighted by atomic mass is 10.3. The van der Waals surface area contributed by atoms with Crippen molar-refractivity contribution in [1.29, 1.82) is 0 Å². The number of amides is 1. The van der Waals surface area contributed by atoms with Crippen molar-refractivity contribution in [3.05, 3.63) is 71.2 Å². The molecule has 0 spiro atoms. The van der Waals surface area contributed by atoms with Gasteiger partial charge in [0.25, 0.3) is 0 Å². The number of anilines is 2. The van der Waals surface area contributed by atoms with Gasteiger partial charge in [-0.15, -0.1) is 11.3 Å². The first-order valence-corrected chi connectivity index (χ1v) is 8.30. The van der Waals surface area contributed by atoms with Crippen LogP contribution < -0.4 is 9.64 Å². The highest BCUT2D eigenvalue weighted by molar-refractivity contribution is 7.14. The Labute approximate surface area is 147 Å². The summed E-state index contributed by atoms with van der Waals surface area (Å²) >= 11 is 1.28. The van der Waals surface area contributed by atoms with Crippen LogP contribution in [-0.2, 0) is 11.4 Å². The van der Waals surface area contributed by atoms with Gasteiger partial charge in [-0.05, 0) is 24.3 Å². The molecule has 1 aromatic heterocycles. The van der Waals surface area contributed by atoms with Crippen LogP contribution in [-0.4, -0.2) is 10.9 Å². The Morgan fingerprint density at radius 3 is 2.64 bits per heavy atom. The van der Waals surface area contributed by atoms with E-state index < -0.39 is 11.6 Å². The molecule has 0 bridgehead atoms. The van der Waals surface area contributed by atoms with Gasteiger partial charge in [0, 0.05) is 18.4 Å². The lowest BCUT2D eigenvalue weighted by Gasteiger charge is -2.17. The number of benzene rings is 2. The van der Waals surface area contributed by atoms with Gasteiger partial charge in [0.15, 0.2) is 16.7 Å². The van der Waals surface area contributed by atoms with Gasteiger partial charge in [-0.2, -0.15) is 0 Å². The van der Waals surface area contributed by atoms with E-state index in [-0.39, 0.29) is 18.3 Å². The second-order valence-corrected chi connectivity index (χ2v) is 6.01. The number of carbonyl (C=O) groups is 1. The van der Waals surface area contributed by atoms with Crippen LogP contribution in [0.2, 0.25) is 0 Å². The SMILES string of the molecule is CC(=O)N(c1ccccc1)c1nc(COc2ccc(F)cc2F)cs1. The van der Waals surface area contributed by atoms with E-state index >= 15 is 0 Å². The summed E-state index contributed by atoms with van der Waals surface area (Å²) in [4.78, 5) is 17.9. The highest BCUT2D eigenvalue weighted by Crippen LogP contribution is 2.29. The maximum atomic E-state index is 13.6. The molecule has 0 saturated heterocycles. The molecule has 1 amide bonds. The fourth-order valence-corrected chi connectivity index (χ4v) is 3.08. The summed E-state index contributed by atoms with van der Waals surface area (Å²) in [7, 11) is 0. The molecule has 2 aromatic carbocycles. The van der Waals surface area contributed by atoms with Gasteiger partial charge in [0.1, 0.15) is 12.4 Å². The zero-order valence-electron chi connectivity index (χ0n) is 13.3. The normalized spacial score (nSPS) is 10.5. The van der Waals surface area contributed by atoms with Crippen molar-refractivity contribution in [2.24, 2.45) is 0 Å². The van der Waals surface area contributed by atoms with E-state index in [4.69, 9.17) is 4.74 Å². The van der Waals surface area contributed by atoms with Gasteiger partial charge in [-0.1, -0.05) is 18.2 Å². The lowest BCUT2D eigenvalue weighted by Crippen LogP contribution is -2.22. The second kappa shape index (κ2) is 7.40. The third-order valence-electron chi connectivity index (χ3n) is 3.33. The number of thiazole rings is 1. The fraction of sp³-hybridized carbons (Fsp3) is 0.111. The Kier molecular flexibility index (Phi) is 5.04. The molecule has 0 fully saturated rings. The number of hydrogen-bond donors (Lipinski definition) is 0. The number of nitrogens with zero attached hydrogens (tertiary/aromatic N) is 2. The van der Waals surface area contributed by atoms with Gasteiger partial charge >= 0.3 is 0 Å². The minimum absolute atomic E-state index is 0.0135. The molecule has 0 radical (unpaired) electrons. The Hall–Kier alpha value is -2.80. The maximum Gasteiger partial charge on any atom is 0.230 e. The molecule has 3 rings (SSSR count). The van der Waals surface area contributed by atoms with Crippen LogP contribution in [0, 0.1) is 11.6 Å². The molecule has 0 aliphatic heterocycles. The molecule has 0 unspecified atom stereocenters. The van der Waals surface area contributed by atoms with E-state index in [0.29, 0.717) is 16.5 Å². The van der Waals surface area contributed by atoms with Gasteiger partial charge in [-0.3, -0.25) is 9.69 Å². The topological polar surface area (TPSA) is 42.4 Å². The molecule has 3 aromatic rings. The molecule has 0 aliphatic rings. The largest absolute Gasteiger partial charge is 0.484 e. The van der Waals surface area contributed by atoms with Crippen molar-refractivity contribution < 1.29 is 18.3 Å². The number of rotatable bonds is 5. The first-order valence-electron chi connectivity index (χ1n) is 7.42. The first-order chi connectivity index (χ1) is 12.0. The number of para-hydroxylation sites is 1. The van der Waals surface area contributed by atoms with Crippen molar-refractivity contribution in [2.45, 2.75) is 13.5 Å². The molecular formula is C18H14F2N2O2S. The summed E-state index contributed by atoms with van der Waals surface area (Å²) in [6.45, 7) is 1.47. The van der Waals surface area contributed by atoms with Crippen LogP contribution in [0.3, 0.4) is 0 Å². The maximum absolute atomic E-state index is 13.6. The Balaban J connectivity index is 1.76. The molecule has 7 heteroatoms. The molecule has 1 heterocycles. The third kappa shape index (κ3) is 4.00. The molecule has 0 aliphatic carbocycles. The summed E-state index contributed by atoms with van der Waals surface area (Å²) in [5, 5.41) is 2.23. The van der Waals surface area contributed by atoms with Crippen molar-refractivity contribution in [1.82, 2.24) is 4.98 Å². The molecule has 0 atom stereocenters. The molecule has 0 saturated carbocycles. The zero-order chi connectivity index (χ0) is 17.8. The quantitative estimate of drug-likeness (QED) is 0.663. The van der Waals surface area contributed by atoms with Crippen LogP contribution in [0.15, 0.2) is 53.9 Å². The van der Waals surface area contributed by atoms with E-state index in [1.165, 1.54) is 29.2 Å². The van der Waals surface area contributed by atoms with Crippen molar-refractivity contribution in [2.75, 3.05) is 4.90 Å². The average molecular weight is 360 g/mol. The Bertz CT molecular complexity index is 884. The highest BCUT2D eigenvalue weighted by atomic mass is 32.1.